The maximum absolute atomic E-state index is 12.1. The third-order valence-electron chi connectivity index (χ3n) is 3.28. The first-order valence-corrected chi connectivity index (χ1v) is 8.37. The van der Waals surface area contributed by atoms with Crippen molar-refractivity contribution in [2.45, 2.75) is 44.7 Å². The van der Waals surface area contributed by atoms with Crippen LogP contribution < -0.4 is 5.73 Å². The average Bonchev–Trinajstić information content (AvgIpc) is 2.65. The highest BCUT2D eigenvalue weighted by atomic mass is 32.2. The summed E-state index contributed by atoms with van der Waals surface area (Å²) in [5.41, 5.74) is 5.63. The van der Waals surface area contributed by atoms with E-state index in [9.17, 15) is 13.2 Å². The topological polar surface area (TPSA) is 80.5 Å². The van der Waals surface area contributed by atoms with Gasteiger partial charge in [0, 0.05) is 18.5 Å². The minimum absolute atomic E-state index is 0.0354. The summed E-state index contributed by atoms with van der Waals surface area (Å²) in [6.07, 6.45) is 7.61. The van der Waals surface area contributed by atoms with Crippen LogP contribution in [0.25, 0.3) is 0 Å². The van der Waals surface area contributed by atoms with Crippen molar-refractivity contribution in [3.63, 3.8) is 0 Å². The smallest absolute Gasteiger partial charge is 0.223 e. The zero-order valence-electron chi connectivity index (χ0n) is 11.3. The molecule has 0 saturated carbocycles. The van der Waals surface area contributed by atoms with Gasteiger partial charge in [-0.05, 0) is 26.2 Å². The van der Waals surface area contributed by atoms with Crippen molar-refractivity contribution in [3.8, 4) is 12.3 Å². The van der Waals surface area contributed by atoms with E-state index in [4.69, 9.17) is 12.2 Å². The van der Waals surface area contributed by atoms with Gasteiger partial charge in [0.1, 0.15) is 0 Å². The Bertz CT molecular complexity index is 451. The molecule has 2 unspecified atom stereocenters. The lowest BCUT2D eigenvalue weighted by Crippen LogP contribution is -2.41. The Hall–Kier alpha value is -1.06. The quantitative estimate of drug-likeness (QED) is 0.705. The lowest BCUT2D eigenvalue weighted by Gasteiger charge is -2.26. The van der Waals surface area contributed by atoms with Crippen molar-refractivity contribution in [2.75, 3.05) is 18.1 Å². The van der Waals surface area contributed by atoms with Crippen LogP contribution in [0.2, 0.25) is 0 Å². The maximum Gasteiger partial charge on any atom is 0.223 e. The second-order valence-corrected chi connectivity index (χ2v) is 7.38. The molecule has 19 heavy (non-hydrogen) atoms. The van der Waals surface area contributed by atoms with Gasteiger partial charge in [-0.1, -0.05) is 5.92 Å². The molecule has 1 rings (SSSR count). The minimum atomic E-state index is -3.01. The standard InChI is InChI=1S/C13H22N2O3S/c1-3-8-15(12-7-9-19(17,18)10-12)13(16)6-4-5-11(2)14/h1,11-12H,4-10,14H2,2H3. The molecule has 1 aliphatic rings. The van der Waals surface area contributed by atoms with Gasteiger partial charge in [-0.15, -0.1) is 6.42 Å². The van der Waals surface area contributed by atoms with E-state index in [-0.39, 0.29) is 36.0 Å². The molecule has 0 aliphatic carbocycles. The zero-order valence-corrected chi connectivity index (χ0v) is 12.2. The van der Waals surface area contributed by atoms with Gasteiger partial charge in [0.25, 0.3) is 0 Å². The first-order chi connectivity index (χ1) is 8.85. The third kappa shape index (κ3) is 5.21. The van der Waals surface area contributed by atoms with E-state index in [1.807, 2.05) is 6.92 Å². The largest absolute Gasteiger partial charge is 0.328 e. The Morgan fingerprint density at radius 3 is 2.74 bits per heavy atom. The van der Waals surface area contributed by atoms with Gasteiger partial charge in [0.15, 0.2) is 9.84 Å². The average molecular weight is 286 g/mol. The van der Waals surface area contributed by atoms with Gasteiger partial charge in [0.05, 0.1) is 18.1 Å². The predicted octanol–water partition coefficient (Wildman–Crippen LogP) is 0.153. The van der Waals surface area contributed by atoms with E-state index >= 15 is 0 Å². The molecule has 0 aromatic heterocycles. The van der Waals surface area contributed by atoms with Crippen LogP contribution in [0, 0.1) is 12.3 Å². The minimum Gasteiger partial charge on any atom is -0.328 e. The number of carbonyl (C=O) groups excluding carboxylic acids is 1. The van der Waals surface area contributed by atoms with Gasteiger partial charge in [-0.2, -0.15) is 0 Å². The summed E-state index contributed by atoms with van der Waals surface area (Å²) in [5.74, 6) is 2.55. The molecule has 1 fully saturated rings. The van der Waals surface area contributed by atoms with Crippen LogP contribution in [0.15, 0.2) is 0 Å². The summed E-state index contributed by atoms with van der Waals surface area (Å²) >= 11 is 0. The highest BCUT2D eigenvalue weighted by Gasteiger charge is 2.33. The van der Waals surface area contributed by atoms with Crippen molar-refractivity contribution < 1.29 is 13.2 Å². The molecule has 2 N–H and O–H groups in total. The van der Waals surface area contributed by atoms with Gasteiger partial charge in [-0.3, -0.25) is 4.79 Å². The molecule has 2 atom stereocenters. The molecule has 5 nitrogen and oxygen atoms in total. The molecule has 108 valence electrons. The van der Waals surface area contributed by atoms with Crippen LogP contribution in [0.3, 0.4) is 0 Å². The van der Waals surface area contributed by atoms with Crippen LogP contribution in [-0.4, -0.2) is 49.4 Å². The lowest BCUT2D eigenvalue weighted by molar-refractivity contribution is -0.132. The van der Waals surface area contributed by atoms with E-state index in [1.165, 1.54) is 4.90 Å². The number of hydrogen-bond acceptors (Lipinski definition) is 4. The van der Waals surface area contributed by atoms with E-state index in [0.717, 1.165) is 6.42 Å². The molecular formula is C13H22N2O3S. The first-order valence-electron chi connectivity index (χ1n) is 6.54. The van der Waals surface area contributed by atoms with E-state index < -0.39 is 9.84 Å². The molecule has 1 heterocycles. The van der Waals surface area contributed by atoms with Gasteiger partial charge in [-0.25, -0.2) is 8.42 Å². The van der Waals surface area contributed by atoms with Gasteiger partial charge in [0.2, 0.25) is 5.91 Å². The van der Waals surface area contributed by atoms with E-state index in [0.29, 0.717) is 19.3 Å². The summed E-state index contributed by atoms with van der Waals surface area (Å²) in [6.45, 7) is 2.07. The number of carbonyl (C=O) groups is 1. The van der Waals surface area contributed by atoms with Crippen molar-refractivity contribution in [1.29, 1.82) is 0 Å². The Kier molecular flexibility index (Phi) is 5.83. The fraction of sp³-hybridized carbons (Fsp3) is 0.769. The molecule has 1 aliphatic heterocycles. The monoisotopic (exact) mass is 286 g/mol. The second kappa shape index (κ2) is 6.92. The number of terminal acetylenes is 1. The Balaban J connectivity index is 2.57. The van der Waals surface area contributed by atoms with Crippen molar-refractivity contribution in [1.82, 2.24) is 4.90 Å². The SMILES string of the molecule is C#CCN(C(=O)CCCC(C)N)C1CCS(=O)(=O)C1. The number of nitrogens with two attached hydrogens (primary N) is 1. The summed E-state index contributed by atoms with van der Waals surface area (Å²) in [6, 6.07) is -0.190. The third-order valence-corrected chi connectivity index (χ3v) is 5.03. The second-order valence-electron chi connectivity index (χ2n) is 5.15. The van der Waals surface area contributed by atoms with Gasteiger partial charge < -0.3 is 10.6 Å². The van der Waals surface area contributed by atoms with Crippen LogP contribution in [0.4, 0.5) is 0 Å². The van der Waals surface area contributed by atoms with Crippen LogP contribution in [-0.2, 0) is 14.6 Å². The predicted molar refractivity (Wildman–Crippen MR) is 75.1 cm³/mol. The summed E-state index contributed by atoms with van der Waals surface area (Å²) in [5, 5.41) is 0. The maximum atomic E-state index is 12.1. The molecule has 0 bridgehead atoms. The molecule has 6 heteroatoms. The van der Waals surface area contributed by atoms with Gasteiger partial charge >= 0.3 is 0 Å². The number of hydrogen-bond donors (Lipinski definition) is 1. The summed E-state index contributed by atoms with van der Waals surface area (Å²) in [7, 11) is -3.01. The number of rotatable bonds is 6. The number of amides is 1. The van der Waals surface area contributed by atoms with Crippen LogP contribution in [0.5, 0.6) is 0 Å². The highest BCUT2D eigenvalue weighted by molar-refractivity contribution is 7.91. The number of sulfone groups is 1. The Labute approximate surface area is 115 Å². The van der Waals surface area contributed by atoms with Crippen LogP contribution >= 0.6 is 0 Å². The number of nitrogens with zero attached hydrogens (tertiary/aromatic N) is 1. The van der Waals surface area contributed by atoms with E-state index in [2.05, 4.69) is 5.92 Å². The van der Waals surface area contributed by atoms with Crippen molar-refractivity contribution in [3.05, 3.63) is 0 Å². The zero-order chi connectivity index (χ0) is 14.5. The molecule has 1 amide bonds. The molecule has 0 aromatic rings. The Morgan fingerprint density at radius 2 is 2.26 bits per heavy atom. The van der Waals surface area contributed by atoms with E-state index in [1.54, 1.807) is 0 Å². The summed E-state index contributed by atoms with van der Waals surface area (Å²) in [4.78, 5) is 13.6. The summed E-state index contributed by atoms with van der Waals surface area (Å²) < 4.78 is 22.9. The molecule has 0 radical (unpaired) electrons. The molecule has 0 aromatic carbocycles. The fourth-order valence-corrected chi connectivity index (χ4v) is 3.99. The molecular weight excluding hydrogens is 264 g/mol. The fourth-order valence-electron chi connectivity index (χ4n) is 2.26. The van der Waals surface area contributed by atoms with Crippen molar-refractivity contribution in [2.24, 2.45) is 5.73 Å². The Morgan fingerprint density at radius 1 is 1.58 bits per heavy atom. The molecule has 1 saturated heterocycles. The van der Waals surface area contributed by atoms with Crippen molar-refractivity contribution >= 4 is 15.7 Å². The highest BCUT2D eigenvalue weighted by Crippen LogP contribution is 2.19. The lowest BCUT2D eigenvalue weighted by atomic mass is 10.1. The van der Waals surface area contributed by atoms with Crippen LogP contribution in [0.1, 0.15) is 32.6 Å². The molecule has 0 spiro atoms. The first kappa shape index (κ1) is 16.0. The normalized spacial score (nSPS) is 22.7.